The van der Waals surface area contributed by atoms with Crippen LogP contribution in [0.3, 0.4) is 0 Å². The second-order valence-corrected chi connectivity index (χ2v) is 5.96. The molecule has 0 aliphatic carbocycles. The standard InChI is InChI=1S/C14H20BrN3O/c1-10-9-17(3)13(8-16-2)14(19)18(10)12-6-4-11(15)5-7-12/h4-7,10,13,16H,8-9H2,1-3H3. The third kappa shape index (κ3) is 2.99. The van der Waals surface area contributed by atoms with Gasteiger partial charge in [-0.25, -0.2) is 0 Å². The Morgan fingerprint density at radius 1 is 1.37 bits per heavy atom. The molecule has 2 unspecified atom stereocenters. The molecule has 0 radical (unpaired) electrons. The molecule has 0 saturated carbocycles. The molecule has 5 heteroatoms. The summed E-state index contributed by atoms with van der Waals surface area (Å²) in [5, 5.41) is 3.10. The number of nitrogens with one attached hydrogen (secondary N) is 1. The number of nitrogens with zero attached hydrogens (tertiary/aromatic N) is 2. The van der Waals surface area contributed by atoms with Crippen molar-refractivity contribution in [2.45, 2.75) is 19.0 Å². The predicted molar refractivity (Wildman–Crippen MR) is 81.4 cm³/mol. The Kier molecular flexibility index (Phi) is 4.60. The molecule has 0 aromatic heterocycles. The van der Waals surface area contributed by atoms with E-state index in [1.54, 1.807) is 0 Å². The minimum absolute atomic E-state index is 0.0927. The molecule has 2 rings (SSSR count). The Morgan fingerprint density at radius 2 is 2.00 bits per heavy atom. The van der Waals surface area contributed by atoms with E-state index in [-0.39, 0.29) is 18.0 Å². The highest BCUT2D eigenvalue weighted by molar-refractivity contribution is 9.10. The maximum atomic E-state index is 12.7. The molecular formula is C14H20BrN3O. The fourth-order valence-corrected chi connectivity index (χ4v) is 2.88. The summed E-state index contributed by atoms with van der Waals surface area (Å²) >= 11 is 3.42. The normalized spacial score (nSPS) is 24.8. The van der Waals surface area contributed by atoms with Crippen molar-refractivity contribution in [3.8, 4) is 0 Å². The van der Waals surface area contributed by atoms with Gasteiger partial charge in [-0.1, -0.05) is 15.9 Å². The Bertz CT molecular complexity index is 449. The van der Waals surface area contributed by atoms with Gasteiger partial charge in [-0.15, -0.1) is 0 Å². The van der Waals surface area contributed by atoms with Gasteiger partial charge in [-0.05, 0) is 45.3 Å². The lowest BCUT2D eigenvalue weighted by Crippen LogP contribution is -2.62. The third-order valence-electron chi connectivity index (χ3n) is 3.55. The fourth-order valence-electron chi connectivity index (χ4n) is 2.61. The van der Waals surface area contributed by atoms with Gasteiger partial charge < -0.3 is 10.2 Å². The summed E-state index contributed by atoms with van der Waals surface area (Å²) in [4.78, 5) is 16.7. The average molecular weight is 326 g/mol. The van der Waals surface area contributed by atoms with Crippen LogP contribution in [0.1, 0.15) is 6.92 Å². The van der Waals surface area contributed by atoms with Crippen LogP contribution < -0.4 is 10.2 Å². The maximum Gasteiger partial charge on any atom is 0.245 e. The van der Waals surface area contributed by atoms with Gasteiger partial charge in [0.1, 0.15) is 6.04 Å². The number of carbonyl (C=O) groups is 1. The predicted octanol–water partition coefficient (Wildman–Crippen LogP) is 1.70. The van der Waals surface area contributed by atoms with Crippen LogP contribution in [0.5, 0.6) is 0 Å². The monoisotopic (exact) mass is 325 g/mol. The number of hydrogen-bond acceptors (Lipinski definition) is 3. The van der Waals surface area contributed by atoms with Gasteiger partial charge in [0, 0.05) is 29.3 Å². The molecule has 104 valence electrons. The molecular weight excluding hydrogens is 306 g/mol. The van der Waals surface area contributed by atoms with Crippen LogP contribution in [-0.4, -0.2) is 50.1 Å². The van der Waals surface area contributed by atoms with Crippen LogP contribution in [0.25, 0.3) is 0 Å². The van der Waals surface area contributed by atoms with Crippen molar-refractivity contribution in [2.75, 3.05) is 32.1 Å². The summed E-state index contributed by atoms with van der Waals surface area (Å²) in [6, 6.07) is 8.01. The molecule has 1 aromatic rings. The van der Waals surface area contributed by atoms with E-state index in [1.807, 2.05) is 43.3 Å². The Hall–Kier alpha value is -0.910. The molecule has 1 saturated heterocycles. The fraction of sp³-hybridized carbons (Fsp3) is 0.500. The second-order valence-electron chi connectivity index (χ2n) is 5.05. The highest BCUT2D eigenvalue weighted by Gasteiger charge is 2.36. The number of hydrogen-bond donors (Lipinski definition) is 1. The van der Waals surface area contributed by atoms with Crippen molar-refractivity contribution in [2.24, 2.45) is 0 Å². The molecule has 1 aliphatic heterocycles. The third-order valence-corrected chi connectivity index (χ3v) is 4.08. The molecule has 1 aromatic carbocycles. The smallest absolute Gasteiger partial charge is 0.245 e. The summed E-state index contributed by atoms with van der Waals surface area (Å²) < 4.78 is 1.03. The average Bonchev–Trinajstić information content (AvgIpc) is 2.36. The Morgan fingerprint density at radius 3 is 2.58 bits per heavy atom. The number of anilines is 1. The summed E-state index contributed by atoms with van der Waals surface area (Å²) in [6.45, 7) is 3.65. The van der Waals surface area contributed by atoms with Crippen molar-refractivity contribution in [1.82, 2.24) is 10.2 Å². The van der Waals surface area contributed by atoms with E-state index in [2.05, 4.69) is 33.1 Å². The first-order valence-corrected chi connectivity index (χ1v) is 7.27. The van der Waals surface area contributed by atoms with Gasteiger partial charge in [-0.3, -0.25) is 9.69 Å². The Balaban J connectivity index is 2.27. The number of likely N-dealkylation sites (N-methyl/N-ethyl adjacent to an activating group) is 2. The van der Waals surface area contributed by atoms with Crippen molar-refractivity contribution in [1.29, 1.82) is 0 Å². The highest BCUT2D eigenvalue weighted by atomic mass is 79.9. The molecule has 0 bridgehead atoms. The van der Waals surface area contributed by atoms with Crippen LogP contribution in [0.15, 0.2) is 28.7 Å². The SMILES string of the molecule is CNCC1C(=O)N(c2ccc(Br)cc2)C(C)CN1C. The van der Waals surface area contributed by atoms with E-state index in [4.69, 9.17) is 0 Å². The first-order chi connectivity index (χ1) is 9.04. The van der Waals surface area contributed by atoms with E-state index in [0.717, 1.165) is 16.7 Å². The quantitative estimate of drug-likeness (QED) is 0.918. The largest absolute Gasteiger partial charge is 0.318 e. The lowest BCUT2D eigenvalue weighted by molar-refractivity contribution is -0.126. The van der Waals surface area contributed by atoms with Gasteiger partial charge in [-0.2, -0.15) is 0 Å². The van der Waals surface area contributed by atoms with Gasteiger partial charge in [0.25, 0.3) is 0 Å². The lowest BCUT2D eigenvalue weighted by Gasteiger charge is -2.43. The van der Waals surface area contributed by atoms with Crippen LogP contribution in [0, 0.1) is 0 Å². The summed E-state index contributed by atoms with van der Waals surface area (Å²) in [5.74, 6) is 0.165. The molecule has 19 heavy (non-hydrogen) atoms. The van der Waals surface area contributed by atoms with E-state index in [0.29, 0.717) is 6.54 Å². The lowest BCUT2D eigenvalue weighted by atomic mass is 10.1. The van der Waals surface area contributed by atoms with Crippen LogP contribution in [0.4, 0.5) is 5.69 Å². The summed E-state index contributed by atoms with van der Waals surface area (Å²) in [7, 11) is 3.89. The zero-order chi connectivity index (χ0) is 14.0. The van der Waals surface area contributed by atoms with Crippen LogP contribution in [0.2, 0.25) is 0 Å². The van der Waals surface area contributed by atoms with Gasteiger partial charge >= 0.3 is 0 Å². The van der Waals surface area contributed by atoms with Crippen molar-refractivity contribution < 1.29 is 4.79 Å². The first-order valence-electron chi connectivity index (χ1n) is 6.48. The maximum absolute atomic E-state index is 12.7. The molecule has 4 nitrogen and oxygen atoms in total. The van der Waals surface area contributed by atoms with Gasteiger partial charge in [0.15, 0.2) is 0 Å². The zero-order valence-electron chi connectivity index (χ0n) is 11.6. The highest BCUT2D eigenvalue weighted by Crippen LogP contribution is 2.25. The van der Waals surface area contributed by atoms with Crippen LogP contribution >= 0.6 is 15.9 Å². The van der Waals surface area contributed by atoms with E-state index in [9.17, 15) is 4.79 Å². The molecule has 2 atom stereocenters. The van der Waals surface area contributed by atoms with Gasteiger partial charge in [0.2, 0.25) is 5.91 Å². The van der Waals surface area contributed by atoms with Crippen molar-refractivity contribution >= 4 is 27.5 Å². The molecule has 1 amide bonds. The molecule has 1 aliphatic rings. The van der Waals surface area contributed by atoms with Crippen molar-refractivity contribution in [3.05, 3.63) is 28.7 Å². The zero-order valence-corrected chi connectivity index (χ0v) is 13.1. The van der Waals surface area contributed by atoms with Crippen molar-refractivity contribution in [3.63, 3.8) is 0 Å². The first kappa shape index (κ1) is 14.5. The van der Waals surface area contributed by atoms with E-state index < -0.39 is 0 Å². The van der Waals surface area contributed by atoms with Gasteiger partial charge in [0.05, 0.1) is 0 Å². The minimum atomic E-state index is -0.0927. The number of benzene rings is 1. The Labute approximate surface area is 122 Å². The molecule has 1 heterocycles. The number of carbonyl (C=O) groups excluding carboxylic acids is 1. The summed E-state index contributed by atoms with van der Waals surface area (Å²) in [5.41, 5.74) is 0.968. The van der Waals surface area contributed by atoms with Crippen LogP contribution in [-0.2, 0) is 4.79 Å². The van der Waals surface area contributed by atoms with E-state index in [1.165, 1.54) is 0 Å². The summed E-state index contributed by atoms with van der Waals surface area (Å²) in [6.07, 6.45) is 0. The number of amides is 1. The topological polar surface area (TPSA) is 35.6 Å². The molecule has 1 N–H and O–H groups in total. The number of rotatable bonds is 3. The second kappa shape index (κ2) is 6.03. The molecule has 1 fully saturated rings. The van der Waals surface area contributed by atoms with E-state index >= 15 is 0 Å². The number of piperazine rings is 1. The number of halogens is 1. The molecule has 0 spiro atoms. The minimum Gasteiger partial charge on any atom is -0.318 e.